The second kappa shape index (κ2) is 11.2. The van der Waals surface area contributed by atoms with E-state index in [4.69, 9.17) is 9.47 Å². The molecule has 0 aliphatic heterocycles. The third kappa shape index (κ3) is 5.23. The second-order valence-electron chi connectivity index (χ2n) is 7.56. The summed E-state index contributed by atoms with van der Waals surface area (Å²) in [7, 11) is 0. The van der Waals surface area contributed by atoms with Crippen LogP contribution in [0.15, 0.2) is 133 Å². The van der Waals surface area contributed by atoms with Gasteiger partial charge in [-0.2, -0.15) is 0 Å². The van der Waals surface area contributed by atoms with E-state index in [9.17, 15) is 0 Å². The monoisotopic (exact) mass is 420 g/mol. The fourth-order valence-electron chi connectivity index (χ4n) is 3.90. The van der Waals surface area contributed by atoms with Crippen LogP contribution in [0.4, 0.5) is 0 Å². The molecule has 0 N–H and O–H groups in total. The van der Waals surface area contributed by atoms with E-state index >= 15 is 0 Å². The van der Waals surface area contributed by atoms with Crippen molar-refractivity contribution in [1.29, 1.82) is 0 Å². The van der Waals surface area contributed by atoms with Gasteiger partial charge in [0.15, 0.2) is 0 Å². The Morgan fingerprint density at radius 3 is 1.38 bits per heavy atom. The number of ether oxygens (including phenoxy) is 2. The minimum atomic E-state index is -0.695. The summed E-state index contributed by atoms with van der Waals surface area (Å²) in [5, 5.41) is 0. The van der Waals surface area contributed by atoms with Crippen LogP contribution >= 0.6 is 0 Å². The Bertz CT molecular complexity index is 978. The van der Waals surface area contributed by atoms with Crippen LogP contribution in [0, 0.1) is 0 Å². The van der Waals surface area contributed by atoms with E-state index in [0.29, 0.717) is 19.8 Å². The van der Waals surface area contributed by atoms with Crippen molar-refractivity contribution in [1.82, 2.24) is 0 Å². The highest BCUT2D eigenvalue weighted by atomic mass is 16.5. The average Bonchev–Trinajstić information content (AvgIpc) is 2.88. The van der Waals surface area contributed by atoms with Gasteiger partial charge >= 0.3 is 0 Å². The quantitative estimate of drug-likeness (QED) is 0.160. The Morgan fingerprint density at radius 2 is 0.906 bits per heavy atom. The molecule has 4 aromatic carbocycles. The van der Waals surface area contributed by atoms with Gasteiger partial charge in [-0.15, -0.1) is 0 Å². The van der Waals surface area contributed by atoms with Crippen molar-refractivity contribution in [2.75, 3.05) is 13.2 Å². The lowest BCUT2D eigenvalue weighted by Gasteiger charge is -2.35. The van der Waals surface area contributed by atoms with Gasteiger partial charge in [0.25, 0.3) is 0 Å². The van der Waals surface area contributed by atoms with Gasteiger partial charge in [-0.1, -0.05) is 133 Å². The van der Waals surface area contributed by atoms with Crippen molar-refractivity contribution < 1.29 is 9.47 Å². The highest BCUT2D eigenvalue weighted by Crippen LogP contribution is 2.40. The molecular weight excluding hydrogens is 392 g/mol. The maximum Gasteiger partial charge on any atom is 0.144 e. The molecule has 0 aliphatic carbocycles. The molecule has 4 rings (SSSR count). The predicted octanol–water partition coefficient (Wildman–Crippen LogP) is 6.77. The summed E-state index contributed by atoms with van der Waals surface area (Å²) in [5.74, 6) is 0. The highest BCUT2D eigenvalue weighted by molar-refractivity contribution is 5.47. The van der Waals surface area contributed by atoms with E-state index in [1.807, 2.05) is 48.6 Å². The predicted molar refractivity (Wildman–Crippen MR) is 130 cm³/mol. The average molecular weight is 421 g/mol. The summed E-state index contributed by atoms with van der Waals surface area (Å²) in [5.41, 5.74) is 3.79. The van der Waals surface area contributed by atoms with Crippen LogP contribution in [0.5, 0.6) is 0 Å². The summed E-state index contributed by atoms with van der Waals surface area (Å²) in [6, 6.07) is 41.5. The maximum atomic E-state index is 6.71. The number of rotatable bonds is 10. The van der Waals surface area contributed by atoms with Gasteiger partial charge in [-0.05, 0) is 22.3 Å². The first-order valence-electron chi connectivity index (χ1n) is 11.0. The summed E-state index contributed by atoms with van der Waals surface area (Å²) in [6.07, 6.45) is 4.06. The molecule has 0 saturated heterocycles. The Balaban J connectivity index is 1.53. The van der Waals surface area contributed by atoms with Crippen LogP contribution in [-0.2, 0) is 21.7 Å². The zero-order valence-electron chi connectivity index (χ0n) is 18.1. The Hall–Kier alpha value is -3.46. The Morgan fingerprint density at radius 1 is 0.500 bits per heavy atom. The lowest BCUT2D eigenvalue weighted by atomic mass is 9.80. The summed E-state index contributed by atoms with van der Waals surface area (Å²) in [6.45, 7) is 1.62. The molecule has 0 radical (unpaired) electrons. The maximum absolute atomic E-state index is 6.71. The lowest BCUT2D eigenvalue weighted by Crippen LogP contribution is -2.33. The van der Waals surface area contributed by atoms with Crippen LogP contribution in [0.1, 0.15) is 22.3 Å². The number of hydrogen-bond acceptors (Lipinski definition) is 2. The van der Waals surface area contributed by atoms with E-state index in [-0.39, 0.29) is 0 Å². The molecule has 0 saturated carbocycles. The van der Waals surface area contributed by atoms with Gasteiger partial charge in [-0.25, -0.2) is 0 Å². The number of hydrogen-bond donors (Lipinski definition) is 0. The zero-order valence-corrected chi connectivity index (χ0v) is 18.1. The van der Waals surface area contributed by atoms with Crippen molar-refractivity contribution in [3.8, 4) is 0 Å². The standard InChI is InChI=1S/C30H28O2/c1-5-15-26(16-6-1)25-31-23-13-14-24-32-30(27-17-7-2-8-18-27,28-19-9-3-10-20-28)29-21-11-4-12-22-29/h1-22H,23-25H2/b14-13-. The molecule has 32 heavy (non-hydrogen) atoms. The SMILES string of the molecule is C(=C/COC(c1ccccc1)(c1ccccc1)c1ccccc1)/COCc1ccccc1. The highest BCUT2D eigenvalue weighted by Gasteiger charge is 2.37. The largest absolute Gasteiger partial charge is 0.373 e. The zero-order chi connectivity index (χ0) is 21.9. The first-order valence-corrected chi connectivity index (χ1v) is 11.0. The summed E-state index contributed by atoms with van der Waals surface area (Å²) < 4.78 is 12.5. The molecule has 4 aromatic rings. The Kier molecular flexibility index (Phi) is 7.64. The molecule has 160 valence electrons. The smallest absolute Gasteiger partial charge is 0.144 e. The first kappa shape index (κ1) is 21.8. The molecule has 0 unspecified atom stereocenters. The molecule has 0 aromatic heterocycles. The van der Waals surface area contributed by atoms with Crippen molar-refractivity contribution in [2.45, 2.75) is 12.2 Å². The molecule has 0 fully saturated rings. The van der Waals surface area contributed by atoms with Crippen molar-refractivity contribution >= 4 is 0 Å². The molecule has 0 aliphatic rings. The van der Waals surface area contributed by atoms with Gasteiger partial charge in [0, 0.05) is 0 Å². The number of benzene rings is 4. The first-order chi connectivity index (χ1) is 15.9. The van der Waals surface area contributed by atoms with E-state index < -0.39 is 5.60 Å². The van der Waals surface area contributed by atoms with Crippen LogP contribution in [-0.4, -0.2) is 13.2 Å². The van der Waals surface area contributed by atoms with Gasteiger partial charge in [0.05, 0.1) is 19.8 Å². The molecule has 2 heteroatoms. The minimum absolute atomic E-state index is 0.466. The van der Waals surface area contributed by atoms with Gasteiger partial charge < -0.3 is 9.47 Å². The van der Waals surface area contributed by atoms with Crippen molar-refractivity contribution in [3.05, 3.63) is 156 Å². The van der Waals surface area contributed by atoms with Crippen LogP contribution < -0.4 is 0 Å². The fraction of sp³-hybridized carbons (Fsp3) is 0.133. The topological polar surface area (TPSA) is 18.5 Å². The Labute approximate surface area is 190 Å². The van der Waals surface area contributed by atoms with E-state index in [0.717, 1.165) is 16.7 Å². The second-order valence-corrected chi connectivity index (χ2v) is 7.56. The van der Waals surface area contributed by atoms with Crippen LogP contribution in [0.2, 0.25) is 0 Å². The summed E-state index contributed by atoms with van der Waals surface area (Å²) >= 11 is 0. The molecule has 0 spiro atoms. The fourth-order valence-corrected chi connectivity index (χ4v) is 3.90. The lowest BCUT2D eigenvalue weighted by molar-refractivity contribution is 0.0316. The van der Waals surface area contributed by atoms with Gasteiger partial charge in [0.1, 0.15) is 5.60 Å². The molecule has 0 amide bonds. The normalized spacial score (nSPS) is 11.6. The third-order valence-corrected chi connectivity index (χ3v) is 5.43. The van der Waals surface area contributed by atoms with E-state index in [1.165, 1.54) is 5.56 Å². The van der Waals surface area contributed by atoms with Crippen LogP contribution in [0.25, 0.3) is 0 Å². The van der Waals surface area contributed by atoms with E-state index in [1.54, 1.807) is 0 Å². The minimum Gasteiger partial charge on any atom is -0.373 e. The summed E-state index contributed by atoms with van der Waals surface area (Å²) in [4.78, 5) is 0. The molecule has 0 heterocycles. The van der Waals surface area contributed by atoms with Crippen molar-refractivity contribution in [2.24, 2.45) is 0 Å². The van der Waals surface area contributed by atoms with E-state index in [2.05, 4.69) is 84.9 Å². The van der Waals surface area contributed by atoms with Crippen molar-refractivity contribution in [3.63, 3.8) is 0 Å². The van der Waals surface area contributed by atoms with Gasteiger partial charge in [-0.3, -0.25) is 0 Å². The van der Waals surface area contributed by atoms with Gasteiger partial charge in [0.2, 0.25) is 0 Å². The molecule has 2 nitrogen and oxygen atoms in total. The molecular formula is C30H28O2. The molecule has 0 atom stereocenters. The van der Waals surface area contributed by atoms with Crippen LogP contribution in [0.3, 0.4) is 0 Å². The third-order valence-electron chi connectivity index (χ3n) is 5.43. The molecule has 0 bridgehead atoms.